The standard InChI is InChI=1S/C15H17N3O.2ClH/c16-12-5-3-9-18(10-12)15(19)14-8-7-11-4-1-2-6-13(11)17-14;;/h1-2,4,6-8,12H,3,5,9-10,16H2;2*1H. The maximum atomic E-state index is 12.4. The maximum absolute atomic E-state index is 12.4. The summed E-state index contributed by atoms with van der Waals surface area (Å²) in [6, 6.07) is 11.7. The number of likely N-dealkylation sites (tertiary alicyclic amines) is 1. The third-order valence-corrected chi connectivity index (χ3v) is 3.56. The van der Waals surface area contributed by atoms with E-state index >= 15 is 0 Å². The molecule has 1 amide bonds. The summed E-state index contributed by atoms with van der Waals surface area (Å²) in [5.41, 5.74) is 7.28. The van der Waals surface area contributed by atoms with Crippen LogP contribution in [0.2, 0.25) is 0 Å². The number of amides is 1. The second kappa shape index (κ2) is 7.59. The molecule has 1 saturated heterocycles. The van der Waals surface area contributed by atoms with E-state index in [1.165, 1.54) is 0 Å². The minimum absolute atomic E-state index is 0. The average Bonchev–Trinajstić information content (AvgIpc) is 2.46. The molecular formula is C15H19Cl2N3O. The quantitative estimate of drug-likeness (QED) is 0.875. The normalized spacial score (nSPS) is 17.8. The summed E-state index contributed by atoms with van der Waals surface area (Å²) in [6.07, 6.45) is 1.97. The molecule has 2 N–H and O–H groups in total. The highest BCUT2D eigenvalue weighted by Crippen LogP contribution is 2.15. The van der Waals surface area contributed by atoms with Crippen LogP contribution < -0.4 is 5.73 Å². The zero-order chi connectivity index (χ0) is 13.2. The summed E-state index contributed by atoms with van der Waals surface area (Å²) < 4.78 is 0. The van der Waals surface area contributed by atoms with Gasteiger partial charge in [0.25, 0.3) is 5.91 Å². The molecule has 21 heavy (non-hydrogen) atoms. The Morgan fingerprint density at radius 3 is 2.71 bits per heavy atom. The highest BCUT2D eigenvalue weighted by atomic mass is 35.5. The Labute approximate surface area is 136 Å². The van der Waals surface area contributed by atoms with Crippen LogP contribution in [0.1, 0.15) is 23.3 Å². The summed E-state index contributed by atoms with van der Waals surface area (Å²) in [5, 5.41) is 1.05. The van der Waals surface area contributed by atoms with Crippen molar-refractivity contribution in [3.63, 3.8) is 0 Å². The van der Waals surface area contributed by atoms with Gasteiger partial charge in [0.15, 0.2) is 0 Å². The topological polar surface area (TPSA) is 59.2 Å². The van der Waals surface area contributed by atoms with Gasteiger partial charge in [-0.25, -0.2) is 4.98 Å². The SMILES string of the molecule is Cl.Cl.NC1CCCN(C(=O)c2ccc3ccccc3n2)C1. The van der Waals surface area contributed by atoms with Crippen molar-refractivity contribution in [2.24, 2.45) is 5.73 Å². The van der Waals surface area contributed by atoms with Crippen molar-refractivity contribution in [1.82, 2.24) is 9.88 Å². The summed E-state index contributed by atoms with van der Waals surface area (Å²) >= 11 is 0. The van der Waals surface area contributed by atoms with Crippen molar-refractivity contribution in [1.29, 1.82) is 0 Å². The number of pyridine rings is 1. The van der Waals surface area contributed by atoms with E-state index in [4.69, 9.17) is 5.73 Å². The number of carbonyl (C=O) groups is 1. The van der Waals surface area contributed by atoms with E-state index < -0.39 is 0 Å². The zero-order valence-electron chi connectivity index (χ0n) is 11.6. The fraction of sp³-hybridized carbons (Fsp3) is 0.333. The van der Waals surface area contributed by atoms with E-state index in [1.807, 2.05) is 35.2 Å². The molecule has 4 nitrogen and oxygen atoms in total. The van der Waals surface area contributed by atoms with Crippen LogP contribution in [-0.2, 0) is 0 Å². The fourth-order valence-corrected chi connectivity index (χ4v) is 2.54. The largest absolute Gasteiger partial charge is 0.336 e. The van der Waals surface area contributed by atoms with Gasteiger partial charge >= 0.3 is 0 Å². The van der Waals surface area contributed by atoms with Crippen LogP contribution in [0.3, 0.4) is 0 Å². The molecule has 1 fully saturated rings. The van der Waals surface area contributed by atoms with Crippen LogP contribution >= 0.6 is 24.8 Å². The zero-order valence-corrected chi connectivity index (χ0v) is 13.2. The van der Waals surface area contributed by atoms with Crippen molar-refractivity contribution in [3.05, 3.63) is 42.1 Å². The lowest BCUT2D eigenvalue weighted by Crippen LogP contribution is -2.45. The Hall–Kier alpha value is -1.36. The van der Waals surface area contributed by atoms with Crippen LogP contribution in [0.5, 0.6) is 0 Å². The molecule has 0 bridgehead atoms. The first kappa shape index (κ1) is 17.7. The molecule has 0 saturated carbocycles. The van der Waals surface area contributed by atoms with Gasteiger partial charge in [-0.2, -0.15) is 0 Å². The number of carbonyl (C=O) groups excluding carboxylic acids is 1. The molecule has 2 heterocycles. The molecule has 3 rings (SSSR count). The molecule has 0 radical (unpaired) electrons. The molecular weight excluding hydrogens is 309 g/mol. The summed E-state index contributed by atoms with van der Waals surface area (Å²) in [5.74, 6) is -0.0131. The molecule has 6 heteroatoms. The Morgan fingerprint density at radius 2 is 1.95 bits per heavy atom. The Morgan fingerprint density at radius 1 is 1.19 bits per heavy atom. The lowest BCUT2D eigenvalue weighted by Gasteiger charge is -2.30. The number of aromatic nitrogens is 1. The van der Waals surface area contributed by atoms with Crippen molar-refractivity contribution >= 4 is 41.6 Å². The minimum Gasteiger partial charge on any atom is -0.336 e. The van der Waals surface area contributed by atoms with E-state index in [2.05, 4.69) is 4.98 Å². The predicted molar refractivity (Wildman–Crippen MR) is 89.4 cm³/mol. The predicted octanol–water partition coefficient (Wildman–Crippen LogP) is 2.64. The first-order valence-corrected chi connectivity index (χ1v) is 6.65. The van der Waals surface area contributed by atoms with E-state index in [1.54, 1.807) is 6.07 Å². The van der Waals surface area contributed by atoms with Crippen LogP contribution in [0.15, 0.2) is 36.4 Å². The summed E-state index contributed by atoms with van der Waals surface area (Å²) in [7, 11) is 0. The number of benzene rings is 1. The number of piperidine rings is 1. The molecule has 0 spiro atoms. The smallest absolute Gasteiger partial charge is 0.272 e. The molecule has 1 aromatic heterocycles. The van der Waals surface area contributed by atoms with Gasteiger partial charge in [0, 0.05) is 24.5 Å². The summed E-state index contributed by atoms with van der Waals surface area (Å²) in [6.45, 7) is 1.41. The second-order valence-corrected chi connectivity index (χ2v) is 5.04. The Balaban J connectivity index is 0.00000110. The number of nitrogens with two attached hydrogens (primary N) is 1. The van der Waals surface area contributed by atoms with Crippen LogP contribution in [0.25, 0.3) is 10.9 Å². The average molecular weight is 328 g/mol. The number of hydrogen-bond donors (Lipinski definition) is 1. The number of rotatable bonds is 1. The fourth-order valence-electron chi connectivity index (χ4n) is 2.54. The first-order chi connectivity index (χ1) is 9.24. The molecule has 2 aromatic rings. The highest BCUT2D eigenvalue weighted by Gasteiger charge is 2.23. The van der Waals surface area contributed by atoms with Gasteiger partial charge in [0.1, 0.15) is 5.69 Å². The van der Waals surface area contributed by atoms with Gasteiger partial charge in [-0.1, -0.05) is 24.3 Å². The van der Waals surface area contributed by atoms with Gasteiger partial charge in [-0.15, -0.1) is 24.8 Å². The van der Waals surface area contributed by atoms with Crippen molar-refractivity contribution in [3.8, 4) is 0 Å². The van der Waals surface area contributed by atoms with Crippen molar-refractivity contribution < 1.29 is 4.79 Å². The van der Waals surface area contributed by atoms with Crippen LogP contribution in [-0.4, -0.2) is 34.9 Å². The molecule has 0 aliphatic carbocycles. The van der Waals surface area contributed by atoms with Crippen molar-refractivity contribution in [2.45, 2.75) is 18.9 Å². The van der Waals surface area contributed by atoms with E-state index in [-0.39, 0.29) is 36.8 Å². The first-order valence-electron chi connectivity index (χ1n) is 6.65. The molecule has 1 aliphatic heterocycles. The molecule has 1 atom stereocenters. The van der Waals surface area contributed by atoms with E-state index in [0.717, 1.165) is 30.3 Å². The molecule has 1 aromatic carbocycles. The van der Waals surface area contributed by atoms with Crippen LogP contribution in [0, 0.1) is 0 Å². The van der Waals surface area contributed by atoms with E-state index in [0.29, 0.717) is 12.2 Å². The Kier molecular flexibility index (Phi) is 6.40. The van der Waals surface area contributed by atoms with Crippen molar-refractivity contribution in [2.75, 3.05) is 13.1 Å². The third kappa shape index (κ3) is 3.84. The number of fused-ring (bicyclic) bond motifs is 1. The lowest BCUT2D eigenvalue weighted by atomic mass is 10.1. The lowest BCUT2D eigenvalue weighted by molar-refractivity contribution is 0.0703. The maximum Gasteiger partial charge on any atom is 0.272 e. The molecule has 1 unspecified atom stereocenters. The van der Waals surface area contributed by atoms with Gasteiger partial charge in [0.2, 0.25) is 0 Å². The monoisotopic (exact) mass is 327 g/mol. The van der Waals surface area contributed by atoms with Gasteiger partial charge < -0.3 is 10.6 Å². The minimum atomic E-state index is -0.0131. The number of nitrogens with zero attached hydrogens (tertiary/aromatic N) is 2. The van der Waals surface area contributed by atoms with Gasteiger partial charge in [0.05, 0.1) is 5.52 Å². The highest BCUT2D eigenvalue weighted by molar-refractivity contribution is 5.95. The third-order valence-electron chi connectivity index (χ3n) is 3.56. The Bertz CT molecular complexity index is 621. The number of para-hydroxylation sites is 1. The van der Waals surface area contributed by atoms with Gasteiger partial charge in [-0.3, -0.25) is 4.79 Å². The van der Waals surface area contributed by atoms with E-state index in [9.17, 15) is 4.79 Å². The molecule has 1 aliphatic rings. The van der Waals surface area contributed by atoms with Crippen LogP contribution in [0.4, 0.5) is 0 Å². The number of halogens is 2. The summed E-state index contributed by atoms with van der Waals surface area (Å²) in [4.78, 5) is 18.7. The number of hydrogen-bond acceptors (Lipinski definition) is 3. The second-order valence-electron chi connectivity index (χ2n) is 5.04. The molecule has 114 valence electrons. The van der Waals surface area contributed by atoms with Gasteiger partial charge in [-0.05, 0) is 25.0 Å².